The molecule has 4 aromatic rings. The van der Waals surface area contributed by atoms with E-state index in [1.165, 1.54) is 12.4 Å². The van der Waals surface area contributed by atoms with Gasteiger partial charge in [-0.3, -0.25) is 9.80 Å². The van der Waals surface area contributed by atoms with Crippen LogP contribution in [0.5, 0.6) is 0 Å². The van der Waals surface area contributed by atoms with E-state index in [2.05, 4.69) is 25.3 Å². The molecule has 4 aliphatic rings. The van der Waals surface area contributed by atoms with Crippen LogP contribution in [0.25, 0.3) is 0 Å². The number of ether oxygens (including phenoxy) is 3. The standard InChI is InChI=1S/C22H28F2N4O5S.C17H20F2N4O3S.HI/c1-22(2,3)33-21(29)25-18-8-15(12-32-20(18)16-7-14(23)5-6-17(16)24)27-9-13-10-28(34(4,30)31)26-19(13)11-27;1-27(24,25)23-7-10-6-22(8-16(10)21-23)12-5-15(20)17(26-9-12)13-4-11(18)2-3-14(13)19;/h5-7,10,15,18,20H,8-9,11-12H2,1-4H3,(H,25,29);2-4,7,12,15,17H,5-6,8-9,20H2,1H3;1H/t15-,18+,20-;12-,15+,17-;/m11./s1. The first-order chi connectivity index (χ1) is 28.5. The third kappa shape index (κ3) is 11.0. The molecular formula is C39H49F4IN8O8S2. The summed E-state index contributed by atoms with van der Waals surface area (Å²) in [5.74, 6) is -2.30. The third-order valence-corrected chi connectivity index (χ3v) is 12.6. The van der Waals surface area contributed by atoms with Crippen LogP contribution in [-0.2, 0) is 60.4 Å². The monoisotopic (exact) mass is 1020 g/mol. The Hall–Kier alpha value is -3.72. The number of carbonyl (C=O) groups is 1. The highest BCUT2D eigenvalue weighted by molar-refractivity contribution is 14.0. The maximum atomic E-state index is 14.5. The molecule has 0 unspecified atom stereocenters. The number of nitrogens with zero attached hydrogens (tertiary/aromatic N) is 6. The first-order valence-electron chi connectivity index (χ1n) is 19.4. The van der Waals surface area contributed by atoms with Crippen molar-refractivity contribution >= 4 is 50.1 Å². The van der Waals surface area contributed by atoms with E-state index in [0.29, 0.717) is 57.0 Å². The average Bonchev–Trinajstić information content (AvgIpc) is 3.94. The molecule has 2 aromatic carbocycles. The fraction of sp³-hybridized carbons (Fsp3) is 0.513. The normalized spacial score (nSPS) is 24.4. The molecule has 1 amide bonds. The van der Waals surface area contributed by atoms with Crippen LogP contribution in [0, 0.1) is 23.3 Å². The molecule has 0 aliphatic carbocycles. The van der Waals surface area contributed by atoms with Gasteiger partial charge in [-0.2, -0.15) is 18.4 Å². The van der Waals surface area contributed by atoms with Crippen molar-refractivity contribution in [2.45, 2.75) is 102 Å². The van der Waals surface area contributed by atoms with Crippen molar-refractivity contribution in [3.8, 4) is 0 Å². The van der Waals surface area contributed by atoms with Gasteiger partial charge in [0.2, 0.25) is 0 Å². The van der Waals surface area contributed by atoms with E-state index in [9.17, 15) is 39.2 Å². The van der Waals surface area contributed by atoms with E-state index < -0.39 is 79.3 Å². The number of alkyl carbamates (subject to hydrolysis) is 1. The summed E-state index contributed by atoms with van der Waals surface area (Å²) in [5, 5.41) is 11.1. The fourth-order valence-electron chi connectivity index (χ4n) is 8.02. The van der Waals surface area contributed by atoms with E-state index in [4.69, 9.17) is 19.9 Å². The molecule has 340 valence electrons. The van der Waals surface area contributed by atoms with Crippen LogP contribution in [-0.4, -0.2) is 107 Å². The van der Waals surface area contributed by atoms with Crippen molar-refractivity contribution in [3.05, 3.63) is 106 Å². The summed E-state index contributed by atoms with van der Waals surface area (Å²) in [5.41, 5.74) is 8.65. The zero-order valence-corrected chi connectivity index (χ0v) is 38.5. The van der Waals surface area contributed by atoms with Crippen molar-refractivity contribution in [2.24, 2.45) is 5.73 Å². The second kappa shape index (κ2) is 18.4. The van der Waals surface area contributed by atoms with Gasteiger partial charge in [-0.25, -0.2) is 39.2 Å². The smallest absolute Gasteiger partial charge is 0.407 e. The SMILES string of the molecule is CC(C)(C)OC(=O)N[C@H]1C[C@@H](N2Cc3cn(S(C)(=O)=O)nc3C2)CO[C@@H]1c1cc(F)ccc1F.CS(=O)(=O)n1cc2c(n1)CN([C@H]1CO[C@H](c3cc(F)ccc3F)[C@@H](N)C1)C2.I. The van der Waals surface area contributed by atoms with Crippen molar-refractivity contribution in [3.63, 3.8) is 0 Å². The van der Waals surface area contributed by atoms with Gasteiger partial charge < -0.3 is 25.3 Å². The molecule has 3 N–H and O–H groups in total. The van der Waals surface area contributed by atoms with Crippen molar-refractivity contribution in [2.75, 3.05) is 25.7 Å². The Balaban J connectivity index is 0.000000209. The first-order valence-corrected chi connectivity index (χ1v) is 23.1. The van der Waals surface area contributed by atoms with Crippen LogP contribution in [0.4, 0.5) is 22.4 Å². The maximum Gasteiger partial charge on any atom is 0.407 e. The Bertz CT molecular complexity index is 2480. The van der Waals surface area contributed by atoms with E-state index >= 15 is 0 Å². The Morgan fingerprint density at radius 2 is 1.21 bits per heavy atom. The number of rotatable bonds is 7. The molecule has 0 spiro atoms. The molecule has 0 saturated carbocycles. The predicted octanol–water partition coefficient (Wildman–Crippen LogP) is 4.47. The first kappa shape index (κ1) is 47.8. The van der Waals surface area contributed by atoms with Gasteiger partial charge >= 0.3 is 6.09 Å². The van der Waals surface area contributed by atoms with Crippen LogP contribution in [0.2, 0.25) is 0 Å². The Labute approximate surface area is 374 Å². The lowest BCUT2D eigenvalue weighted by Gasteiger charge is -2.40. The van der Waals surface area contributed by atoms with Crippen molar-refractivity contribution < 1.29 is 53.4 Å². The molecule has 2 saturated heterocycles. The summed E-state index contributed by atoms with van der Waals surface area (Å²) in [6.45, 7) is 7.63. The molecule has 8 rings (SSSR count). The molecule has 16 nitrogen and oxygen atoms in total. The summed E-state index contributed by atoms with van der Waals surface area (Å²) in [6, 6.07) is 5.05. The van der Waals surface area contributed by atoms with Crippen LogP contribution in [0.15, 0.2) is 48.8 Å². The number of hydrogen-bond acceptors (Lipinski definition) is 13. The Morgan fingerprint density at radius 1 is 0.758 bits per heavy atom. The fourth-order valence-corrected chi connectivity index (χ4v) is 9.15. The zero-order valence-electron chi connectivity index (χ0n) is 34.5. The van der Waals surface area contributed by atoms with Gasteiger partial charge in [0.15, 0.2) is 0 Å². The second-order valence-corrected chi connectivity index (χ2v) is 20.5. The highest BCUT2D eigenvalue weighted by Gasteiger charge is 2.41. The number of hydrogen-bond donors (Lipinski definition) is 2. The number of nitrogens with two attached hydrogens (primary N) is 1. The van der Waals surface area contributed by atoms with E-state index in [0.717, 1.165) is 68.2 Å². The Kier molecular flexibility index (Phi) is 14.2. The molecule has 2 fully saturated rings. The minimum atomic E-state index is -3.47. The Morgan fingerprint density at radius 3 is 1.65 bits per heavy atom. The minimum Gasteiger partial charge on any atom is -0.444 e. The van der Waals surface area contributed by atoms with Crippen LogP contribution in [0.1, 0.15) is 79.5 Å². The molecular weight excluding hydrogens is 976 g/mol. The summed E-state index contributed by atoms with van der Waals surface area (Å²) < 4.78 is 122. The maximum absolute atomic E-state index is 14.5. The lowest BCUT2D eigenvalue weighted by atomic mass is 9.92. The number of benzene rings is 2. The van der Waals surface area contributed by atoms with Gasteiger partial charge in [-0.15, -0.1) is 24.0 Å². The van der Waals surface area contributed by atoms with Gasteiger partial charge in [0.05, 0.1) is 43.2 Å². The van der Waals surface area contributed by atoms with E-state index in [-0.39, 0.29) is 53.8 Å². The number of fused-ring (bicyclic) bond motifs is 2. The van der Waals surface area contributed by atoms with Crippen LogP contribution in [0.3, 0.4) is 0 Å². The van der Waals surface area contributed by atoms with Gasteiger partial charge in [0, 0.05) is 79.0 Å². The molecule has 2 aromatic heterocycles. The van der Waals surface area contributed by atoms with Crippen LogP contribution >= 0.6 is 24.0 Å². The zero-order chi connectivity index (χ0) is 44.2. The van der Waals surface area contributed by atoms with Crippen LogP contribution < -0.4 is 11.1 Å². The molecule has 0 bridgehead atoms. The topological polar surface area (TPSA) is 193 Å². The van der Waals surface area contributed by atoms with Crippen molar-refractivity contribution in [1.29, 1.82) is 0 Å². The number of aromatic nitrogens is 4. The molecule has 6 atom stereocenters. The van der Waals surface area contributed by atoms with Gasteiger partial charge in [-0.1, -0.05) is 0 Å². The van der Waals surface area contributed by atoms with E-state index in [1.54, 1.807) is 20.8 Å². The summed E-state index contributed by atoms with van der Waals surface area (Å²) >= 11 is 0. The highest BCUT2D eigenvalue weighted by atomic mass is 127. The number of nitrogens with one attached hydrogen (secondary N) is 1. The molecule has 0 radical (unpaired) electrons. The highest BCUT2D eigenvalue weighted by Crippen LogP contribution is 2.36. The lowest BCUT2D eigenvalue weighted by Crippen LogP contribution is -2.52. The minimum absolute atomic E-state index is 0. The largest absolute Gasteiger partial charge is 0.444 e. The van der Waals surface area contributed by atoms with Gasteiger partial charge in [0.25, 0.3) is 20.0 Å². The molecule has 23 heteroatoms. The third-order valence-electron chi connectivity index (χ3n) is 10.9. The number of halogens is 5. The quantitative estimate of drug-likeness (QED) is 0.195. The van der Waals surface area contributed by atoms with Gasteiger partial charge in [0.1, 0.15) is 41.1 Å². The van der Waals surface area contributed by atoms with Crippen molar-refractivity contribution in [1.82, 2.24) is 33.5 Å². The second-order valence-electron chi connectivity index (χ2n) is 16.8. The number of carbonyl (C=O) groups excluding carboxylic acids is 1. The average molecular weight is 1020 g/mol. The summed E-state index contributed by atoms with van der Waals surface area (Å²) in [6.07, 6.45) is 3.86. The molecule has 62 heavy (non-hydrogen) atoms. The summed E-state index contributed by atoms with van der Waals surface area (Å²) in [4.78, 5) is 16.7. The molecule has 4 aliphatic heterocycles. The van der Waals surface area contributed by atoms with E-state index in [1.807, 2.05) is 0 Å². The number of amides is 1. The summed E-state index contributed by atoms with van der Waals surface area (Å²) in [7, 11) is -6.87. The van der Waals surface area contributed by atoms with Gasteiger partial charge in [-0.05, 0) is 70.0 Å². The lowest BCUT2D eigenvalue weighted by molar-refractivity contribution is -0.0629. The predicted molar refractivity (Wildman–Crippen MR) is 227 cm³/mol. The molecule has 6 heterocycles.